The lowest BCUT2D eigenvalue weighted by molar-refractivity contribution is 0.669. The third-order valence-corrected chi connectivity index (χ3v) is 10.8. The molecule has 0 unspecified atom stereocenters. The van der Waals surface area contributed by atoms with Crippen molar-refractivity contribution < 1.29 is 4.42 Å². The van der Waals surface area contributed by atoms with Gasteiger partial charge in [-0.1, -0.05) is 115 Å². The van der Waals surface area contributed by atoms with E-state index in [0.717, 1.165) is 39.0 Å². The molecular formula is C46H29NOS. The number of thiophene rings is 1. The van der Waals surface area contributed by atoms with Crippen LogP contribution in [0.5, 0.6) is 0 Å². The zero-order valence-electron chi connectivity index (χ0n) is 26.5. The van der Waals surface area contributed by atoms with Gasteiger partial charge in [0.2, 0.25) is 0 Å². The molecule has 0 aliphatic carbocycles. The maximum Gasteiger partial charge on any atom is 0.137 e. The molecule has 10 rings (SSSR count). The normalized spacial score (nSPS) is 11.7. The minimum absolute atomic E-state index is 0.874. The standard InChI is InChI=1S/C46H29NOS/c1-2-10-30(11-3-1)32-20-22-35(23-21-32)47(36-24-25-38-37-14-6-8-16-41(37)48-42(38)29-36)40-26-27-44-46(39-15-7-9-17-43(39)49-44)45(40)34-19-18-31-12-4-5-13-33(31)28-34/h1-29H. The zero-order valence-corrected chi connectivity index (χ0v) is 27.3. The average Bonchev–Trinajstić information content (AvgIpc) is 3.73. The van der Waals surface area contributed by atoms with Crippen molar-refractivity contribution in [1.82, 2.24) is 0 Å². The lowest BCUT2D eigenvalue weighted by Gasteiger charge is -2.28. The first kappa shape index (κ1) is 27.9. The second-order valence-corrected chi connectivity index (χ2v) is 13.6. The highest BCUT2D eigenvalue weighted by Gasteiger charge is 2.23. The molecule has 0 aliphatic rings. The quantitative estimate of drug-likeness (QED) is 0.186. The van der Waals surface area contributed by atoms with Crippen LogP contribution in [0.2, 0.25) is 0 Å². The van der Waals surface area contributed by atoms with Crippen molar-refractivity contribution in [1.29, 1.82) is 0 Å². The predicted octanol–water partition coefficient (Wildman–Crippen LogP) is 13.9. The van der Waals surface area contributed by atoms with Crippen molar-refractivity contribution in [3.63, 3.8) is 0 Å². The summed E-state index contributed by atoms with van der Waals surface area (Å²) < 4.78 is 9.01. The highest BCUT2D eigenvalue weighted by molar-refractivity contribution is 7.26. The number of rotatable bonds is 5. The van der Waals surface area contributed by atoms with Gasteiger partial charge in [0.05, 0.1) is 5.69 Å². The molecular weight excluding hydrogens is 615 g/mol. The summed E-state index contributed by atoms with van der Waals surface area (Å²) in [6.07, 6.45) is 0. The van der Waals surface area contributed by atoms with Gasteiger partial charge < -0.3 is 9.32 Å². The summed E-state index contributed by atoms with van der Waals surface area (Å²) in [5.74, 6) is 0. The Morgan fingerprint density at radius 2 is 1.08 bits per heavy atom. The molecule has 0 atom stereocenters. The van der Waals surface area contributed by atoms with Crippen LogP contribution < -0.4 is 4.90 Å². The first-order chi connectivity index (χ1) is 24.3. The Hall–Kier alpha value is -6.16. The molecule has 0 saturated heterocycles. The predicted molar refractivity (Wildman–Crippen MR) is 210 cm³/mol. The Kier molecular flexibility index (Phi) is 6.39. The van der Waals surface area contributed by atoms with Crippen LogP contribution in [0, 0.1) is 0 Å². The number of para-hydroxylation sites is 1. The van der Waals surface area contributed by atoms with E-state index >= 15 is 0 Å². The average molecular weight is 644 g/mol. The minimum Gasteiger partial charge on any atom is -0.456 e. The fourth-order valence-corrected chi connectivity index (χ4v) is 8.46. The number of hydrogen-bond donors (Lipinski definition) is 0. The van der Waals surface area contributed by atoms with Crippen molar-refractivity contribution in [2.45, 2.75) is 0 Å². The number of hydrogen-bond acceptors (Lipinski definition) is 3. The zero-order chi connectivity index (χ0) is 32.3. The van der Waals surface area contributed by atoms with Crippen molar-refractivity contribution in [3.8, 4) is 22.3 Å². The Balaban J connectivity index is 1.27. The third-order valence-electron chi connectivity index (χ3n) is 9.65. The molecule has 2 heterocycles. The highest BCUT2D eigenvalue weighted by Crippen LogP contribution is 2.49. The maximum atomic E-state index is 6.45. The molecule has 0 bridgehead atoms. The first-order valence-electron chi connectivity index (χ1n) is 16.6. The van der Waals surface area contributed by atoms with E-state index in [4.69, 9.17) is 4.42 Å². The van der Waals surface area contributed by atoms with E-state index in [1.807, 2.05) is 23.5 Å². The molecule has 230 valence electrons. The Labute approximate surface area is 287 Å². The van der Waals surface area contributed by atoms with Gasteiger partial charge >= 0.3 is 0 Å². The van der Waals surface area contributed by atoms with Gasteiger partial charge in [-0.05, 0) is 82.1 Å². The van der Waals surface area contributed by atoms with E-state index in [0.29, 0.717) is 0 Å². The SMILES string of the molecule is c1ccc(-c2ccc(N(c3ccc4c(c3)oc3ccccc34)c3ccc4sc5ccccc5c4c3-c3ccc4ccccc4c3)cc2)cc1. The molecule has 8 aromatic carbocycles. The Morgan fingerprint density at radius 1 is 0.408 bits per heavy atom. The molecule has 0 radical (unpaired) electrons. The van der Waals surface area contributed by atoms with Gasteiger partial charge in [0.25, 0.3) is 0 Å². The molecule has 2 nitrogen and oxygen atoms in total. The van der Waals surface area contributed by atoms with Crippen molar-refractivity contribution in [2.24, 2.45) is 0 Å². The number of furan rings is 1. The summed E-state index contributed by atoms with van der Waals surface area (Å²) >= 11 is 1.86. The van der Waals surface area contributed by atoms with Gasteiger partial charge in [-0.15, -0.1) is 11.3 Å². The fraction of sp³-hybridized carbons (Fsp3) is 0. The summed E-state index contributed by atoms with van der Waals surface area (Å²) in [6, 6.07) is 63.3. The molecule has 10 aromatic rings. The molecule has 0 fully saturated rings. The molecule has 0 aliphatic heterocycles. The van der Waals surface area contributed by atoms with Crippen LogP contribution in [-0.2, 0) is 0 Å². The van der Waals surface area contributed by atoms with Gasteiger partial charge in [0.1, 0.15) is 11.2 Å². The largest absolute Gasteiger partial charge is 0.456 e. The van der Waals surface area contributed by atoms with Gasteiger partial charge in [-0.2, -0.15) is 0 Å². The minimum atomic E-state index is 0.874. The van der Waals surface area contributed by atoms with Crippen molar-refractivity contribution >= 4 is 81.3 Å². The summed E-state index contributed by atoms with van der Waals surface area (Å²) in [6.45, 7) is 0. The summed E-state index contributed by atoms with van der Waals surface area (Å²) in [7, 11) is 0. The summed E-state index contributed by atoms with van der Waals surface area (Å²) in [4.78, 5) is 2.40. The van der Waals surface area contributed by atoms with E-state index in [1.165, 1.54) is 53.2 Å². The molecule has 2 aromatic heterocycles. The molecule has 0 N–H and O–H groups in total. The topological polar surface area (TPSA) is 16.4 Å². The van der Waals surface area contributed by atoms with Crippen LogP contribution in [0.15, 0.2) is 180 Å². The first-order valence-corrected chi connectivity index (χ1v) is 17.4. The van der Waals surface area contributed by atoms with Crippen LogP contribution >= 0.6 is 11.3 Å². The number of anilines is 3. The van der Waals surface area contributed by atoms with Crippen LogP contribution in [-0.4, -0.2) is 0 Å². The van der Waals surface area contributed by atoms with E-state index < -0.39 is 0 Å². The molecule has 0 spiro atoms. The van der Waals surface area contributed by atoms with E-state index in [-0.39, 0.29) is 0 Å². The fourth-order valence-electron chi connectivity index (χ4n) is 7.34. The Bertz CT molecular complexity index is 2830. The highest BCUT2D eigenvalue weighted by atomic mass is 32.1. The van der Waals surface area contributed by atoms with Gasteiger partial charge in [0, 0.05) is 53.9 Å². The van der Waals surface area contributed by atoms with Crippen LogP contribution in [0.3, 0.4) is 0 Å². The second kappa shape index (κ2) is 11.2. The van der Waals surface area contributed by atoms with Gasteiger partial charge in [0.15, 0.2) is 0 Å². The second-order valence-electron chi connectivity index (χ2n) is 12.5. The van der Waals surface area contributed by atoms with E-state index in [9.17, 15) is 0 Å². The number of fused-ring (bicyclic) bond motifs is 7. The van der Waals surface area contributed by atoms with Crippen LogP contribution in [0.4, 0.5) is 17.1 Å². The molecule has 0 saturated carbocycles. The number of benzene rings is 8. The summed E-state index contributed by atoms with van der Waals surface area (Å²) in [5.41, 5.74) is 9.81. The van der Waals surface area contributed by atoms with Crippen molar-refractivity contribution in [2.75, 3.05) is 4.90 Å². The lowest BCUT2D eigenvalue weighted by atomic mass is 9.94. The molecule has 0 amide bonds. The van der Waals surface area contributed by atoms with Crippen LogP contribution in [0.1, 0.15) is 0 Å². The van der Waals surface area contributed by atoms with Crippen molar-refractivity contribution in [3.05, 3.63) is 176 Å². The lowest BCUT2D eigenvalue weighted by Crippen LogP contribution is -2.11. The van der Waals surface area contributed by atoms with Gasteiger partial charge in [-0.3, -0.25) is 0 Å². The molecule has 49 heavy (non-hydrogen) atoms. The van der Waals surface area contributed by atoms with Crippen LogP contribution in [0.25, 0.3) is 75.1 Å². The van der Waals surface area contributed by atoms with Gasteiger partial charge in [-0.25, -0.2) is 0 Å². The van der Waals surface area contributed by atoms with E-state index in [2.05, 4.69) is 169 Å². The van der Waals surface area contributed by atoms with E-state index in [1.54, 1.807) is 0 Å². The summed E-state index contributed by atoms with van der Waals surface area (Å²) in [5, 5.41) is 7.27. The monoisotopic (exact) mass is 643 g/mol. The third kappa shape index (κ3) is 4.62. The number of nitrogens with zero attached hydrogens (tertiary/aromatic N) is 1. The maximum absolute atomic E-state index is 6.45. The molecule has 3 heteroatoms. The smallest absolute Gasteiger partial charge is 0.137 e. The Morgan fingerprint density at radius 3 is 1.96 bits per heavy atom.